The van der Waals surface area contributed by atoms with Gasteiger partial charge < -0.3 is 19.9 Å². The molecule has 1 aromatic heterocycles. The second kappa shape index (κ2) is 9.58. The van der Waals surface area contributed by atoms with Gasteiger partial charge in [0.05, 0.1) is 19.3 Å². The number of methoxy groups -OCH3 is 1. The third-order valence-corrected chi connectivity index (χ3v) is 5.96. The molecule has 0 fully saturated rings. The highest BCUT2D eigenvalue weighted by Crippen LogP contribution is 2.38. The molecule has 0 aliphatic heterocycles. The summed E-state index contributed by atoms with van der Waals surface area (Å²) in [7, 11) is 1.52. The van der Waals surface area contributed by atoms with Gasteiger partial charge in [-0.3, -0.25) is 9.59 Å². The van der Waals surface area contributed by atoms with Gasteiger partial charge in [-0.25, -0.2) is 4.79 Å². The topological polar surface area (TPSA) is 102 Å². The number of nitrogens with one attached hydrogen (secondary N) is 1. The van der Waals surface area contributed by atoms with Gasteiger partial charge >= 0.3 is 5.97 Å². The summed E-state index contributed by atoms with van der Waals surface area (Å²) in [5.74, 6) is -2.10. The predicted molar refractivity (Wildman–Crippen MR) is 114 cm³/mol. The Bertz CT molecular complexity index is 990. The minimum atomic E-state index is -0.931. The van der Waals surface area contributed by atoms with Gasteiger partial charge in [0.1, 0.15) is 16.5 Å². The molecule has 1 aromatic carbocycles. The van der Waals surface area contributed by atoms with E-state index in [0.29, 0.717) is 21.9 Å². The smallest absolute Gasteiger partial charge is 0.341 e. The molecule has 3 rings (SSSR count). The van der Waals surface area contributed by atoms with E-state index >= 15 is 0 Å². The molecule has 1 amide bonds. The Kier molecular flexibility index (Phi) is 6.89. The lowest BCUT2D eigenvalue weighted by Crippen LogP contribution is -2.22. The van der Waals surface area contributed by atoms with Crippen LogP contribution >= 0.6 is 11.3 Å². The van der Waals surface area contributed by atoms with Crippen molar-refractivity contribution < 1.29 is 29.0 Å². The number of benzene rings is 1. The number of ketones is 1. The molecule has 0 unspecified atom stereocenters. The van der Waals surface area contributed by atoms with E-state index in [1.807, 2.05) is 0 Å². The van der Waals surface area contributed by atoms with Crippen LogP contribution < -0.4 is 10.1 Å². The standard InChI is InChI=1S/C22H23NO6S/c1-3-29-22(27)19-15-6-4-5-7-18(15)30-21(19)23-20(26)17(25)12-16(24)13-8-10-14(28-2)11-9-13/h8-12,24H,3-7H2,1-2H3,(H,23,26). The monoisotopic (exact) mass is 429 g/mol. The van der Waals surface area contributed by atoms with Crippen LogP contribution in [0.25, 0.3) is 5.76 Å². The fraction of sp³-hybridized carbons (Fsp3) is 0.318. The zero-order valence-corrected chi connectivity index (χ0v) is 17.6. The van der Waals surface area contributed by atoms with Crippen molar-refractivity contribution in [3.63, 3.8) is 0 Å². The average molecular weight is 429 g/mol. The summed E-state index contributed by atoms with van der Waals surface area (Å²) in [6, 6.07) is 6.40. The number of aliphatic hydroxyl groups excluding tert-OH is 1. The molecule has 30 heavy (non-hydrogen) atoms. The molecule has 8 heteroatoms. The van der Waals surface area contributed by atoms with E-state index in [2.05, 4.69) is 5.32 Å². The number of aliphatic hydroxyl groups is 1. The number of esters is 1. The Morgan fingerprint density at radius 2 is 1.87 bits per heavy atom. The number of amides is 1. The lowest BCUT2D eigenvalue weighted by molar-refractivity contribution is -0.131. The highest BCUT2D eigenvalue weighted by atomic mass is 32.1. The predicted octanol–water partition coefficient (Wildman–Crippen LogP) is 3.92. The first-order valence-corrected chi connectivity index (χ1v) is 10.5. The van der Waals surface area contributed by atoms with E-state index < -0.39 is 17.7 Å². The number of rotatable bonds is 7. The molecule has 0 saturated carbocycles. The van der Waals surface area contributed by atoms with E-state index in [-0.39, 0.29) is 12.4 Å². The zero-order chi connectivity index (χ0) is 21.7. The Morgan fingerprint density at radius 1 is 1.17 bits per heavy atom. The summed E-state index contributed by atoms with van der Waals surface area (Å²) in [5.41, 5.74) is 1.60. The third kappa shape index (κ3) is 4.71. The maximum absolute atomic E-state index is 12.5. The van der Waals surface area contributed by atoms with Gasteiger partial charge in [0.25, 0.3) is 5.91 Å². The van der Waals surface area contributed by atoms with Crippen LogP contribution in [0.1, 0.15) is 46.1 Å². The largest absolute Gasteiger partial charge is 0.507 e. The van der Waals surface area contributed by atoms with E-state index in [4.69, 9.17) is 9.47 Å². The molecule has 1 aliphatic rings. The first kappa shape index (κ1) is 21.6. The molecular weight excluding hydrogens is 406 g/mol. The fourth-order valence-electron chi connectivity index (χ4n) is 3.27. The van der Waals surface area contributed by atoms with Crippen LogP contribution in [0.4, 0.5) is 5.00 Å². The van der Waals surface area contributed by atoms with Gasteiger partial charge in [-0.1, -0.05) is 0 Å². The molecule has 0 atom stereocenters. The number of ether oxygens (including phenoxy) is 2. The molecule has 0 saturated heterocycles. The molecule has 158 valence electrons. The number of aryl methyl sites for hydroxylation is 1. The van der Waals surface area contributed by atoms with Gasteiger partial charge in [0.2, 0.25) is 5.78 Å². The summed E-state index contributed by atoms with van der Waals surface area (Å²) in [4.78, 5) is 38.2. The highest BCUT2D eigenvalue weighted by Gasteiger charge is 2.28. The van der Waals surface area contributed by atoms with E-state index in [0.717, 1.165) is 42.2 Å². The van der Waals surface area contributed by atoms with Gasteiger partial charge in [-0.2, -0.15) is 0 Å². The molecule has 0 spiro atoms. The van der Waals surface area contributed by atoms with Gasteiger partial charge in [-0.15, -0.1) is 11.3 Å². The molecule has 0 bridgehead atoms. The van der Waals surface area contributed by atoms with Crippen molar-refractivity contribution in [2.75, 3.05) is 19.0 Å². The number of anilines is 1. The van der Waals surface area contributed by atoms with Crippen LogP contribution in [-0.2, 0) is 27.2 Å². The number of carbonyl (C=O) groups excluding carboxylic acids is 3. The van der Waals surface area contributed by atoms with Crippen LogP contribution in [0, 0.1) is 0 Å². The second-order valence-corrected chi connectivity index (χ2v) is 7.82. The van der Waals surface area contributed by atoms with E-state index in [1.54, 1.807) is 31.2 Å². The lowest BCUT2D eigenvalue weighted by Gasteiger charge is -2.12. The first-order valence-electron chi connectivity index (χ1n) is 9.66. The van der Waals surface area contributed by atoms with Crippen molar-refractivity contribution in [2.24, 2.45) is 0 Å². The first-order chi connectivity index (χ1) is 14.4. The van der Waals surface area contributed by atoms with Crippen LogP contribution in [0.5, 0.6) is 5.75 Å². The Balaban J connectivity index is 1.80. The van der Waals surface area contributed by atoms with Crippen molar-refractivity contribution in [1.29, 1.82) is 0 Å². The van der Waals surface area contributed by atoms with Crippen LogP contribution in [0.3, 0.4) is 0 Å². The van der Waals surface area contributed by atoms with Crippen molar-refractivity contribution in [1.82, 2.24) is 0 Å². The lowest BCUT2D eigenvalue weighted by atomic mass is 9.95. The molecule has 2 N–H and O–H groups in total. The highest BCUT2D eigenvalue weighted by molar-refractivity contribution is 7.17. The van der Waals surface area contributed by atoms with Crippen LogP contribution in [-0.4, -0.2) is 36.5 Å². The Labute approximate surface area is 178 Å². The third-order valence-electron chi connectivity index (χ3n) is 4.76. The molecule has 0 radical (unpaired) electrons. The minimum Gasteiger partial charge on any atom is -0.507 e. The fourth-order valence-corrected chi connectivity index (χ4v) is 4.55. The summed E-state index contributed by atoms with van der Waals surface area (Å²) in [6.45, 7) is 1.93. The van der Waals surface area contributed by atoms with Crippen LogP contribution in [0.15, 0.2) is 30.3 Å². The van der Waals surface area contributed by atoms with Crippen molar-refractivity contribution in [3.05, 3.63) is 51.9 Å². The van der Waals surface area contributed by atoms with Crippen molar-refractivity contribution in [3.8, 4) is 5.75 Å². The maximum Gasteiger partial charge on any atom is 0.341 e. The number of carbonyl (C=O) groups is 3. The number of thiophene rings is 1. The summed E-state index contributed by atoms with van der Waals surface area (Å²) < 4.78 is 10.2. The van der Waals surface area contributed by atoms with E-state index in [9.17, 15) is 19.5 Å². The molecular formula is C22H23NO6S. The number of hydrogen-bond donors (Lipinski definition) is 2. The number of hydrogen-bond acceptors (Lipinski definition) is 7. The van der Waals surface area contributed by atoms with Gasteiger partial charge in [0.15, 0.2) is 0 Å². The van der Waals surface area contributed by atoms with Gasteiger partial charge in [-0.05, 0) is 62.4 Å². The second-order valence-electron chi connectivity index (χ2n) is 6.71. The summed E-state index contributed by atoms with van der Waals surface area (Å²) in [5, 5.41) is 13.0. The summed E-state index contributed by atoms with van der Waals surface area (Å²) >= 11 is 1.30. The minimum absolute atomic E-state index is 0.217. The SMILES string of the molecule is CCOC(=O)c1c(NC(=O)C(=O)C=C(O)c2ccc(OC)cc2)sc2c1CCCC2. The molecule has 7 nitrogen and oxygen atoms in total. The molecule has 2 aromatic rings. The number of fused-ring (bicyclic) bond motifs is 1. The zero-order valence-electron chi connectivity index (χ0n) is 16.8. The Hall–Kier alpha value is -3.13. The maximum atomic E-state index is 12.5. The average Bonchev–Trinajstić information content (AvgIpc) is 3.11. The Morgan fingerprint density at radius 3 is 2.53 bits per heavy atom. The normalized spacial score (nSPS) is 13.3. The van der Waals surface area contributed by atoms with Crippen molar-refractivity contribution in [2.45, 2.75) is 32.6 Å². The molecule has 1 heterocycles. The quantitative estimate of drug-likeness (QED) is 0.299. The molecule has 1 aliphatic carbocycles. The van der Waals surface area contributed by atoms with Crippen molar-refractivity contribution >= 4 is 39.8 Å². The summed E-state index contributed by atoms with van der Waals surface area (Å²) in [6.07, 6.45) is 4.40. The van der Waals surface area contributed by atoms with Crippen LogP contribution in [0.2, 0.25) is 0 Å². The van der Waals surface area contributed by atoms with Gasteiger partial charge in [0, 0.05) is 16.5 Å². The van der Waals surface area contributed by atoms with E-state index in [1.165, 1.54) is 18.4 Å².